The molecule has 3 heteroatoms. The number of benzene rings is 2. The third-order valence-corrected chi connectivity index (χ3v) is 6.00. The topological polar surface area (TPSA) is 44.5 Å². The normalized spacial score (nSPS) is 15.6. The lowest BCUT2D eigenvalue weighted by atomic mass is 9.84. The number of methoxy groups -OCH3 is 1. The van der Waals surface area contributed by atoms with E-state index in [1.807, 2.05) is 30.4 Å². The van der Waals surface area contributed by atoms with Crippen molar-refractivity contribution < 1.29 is 9.47 Å². The molecule has 0 saturated heterocycles. The lowest BCUT2D eigenvalue weighted by Gasteiger charge is -2.24. The zero-order valence-electron chi connectivity index (χ0n) is 19.1. The van der Waals surface area contributed by atoms with Gasteiger partial charge in [-0.15, -0.1) is 6.58 Å². The van der Waals surface area contributed by atoms with Gasteiger partial charge in [-0.2, -0.15) is 0 Å². The molecule has 2 aromatic carbocycles. The van der Waals surface area contributed by atoms with Crippen LogP contribution in [0.2, 0.25) is 0 Å². The van der Waals surface area contributed by atoms with Gasteiger partial charge in [-0.1, -0.05) is 61.2 Å². The molecule has 1 unspecified atom stereocenters. The molecular weight excluding hydrogens is 394 g/mol. The van der Waals surface area contributed by atoms with Gasteiger partial charge >= 0.3 is 0 Å². The fraction of sp³-hybridized carbons (Fsp3) is 0.310. The van der Waals surface area contributed by atoms with Gasteiger partial charge in [0.1, 0.15) is 0 Å². The second kappa shape index (κ2) is 12.0. The first kappa shape index (κ1) is 23.5. The molecule has 168 valence electrons. The molecule has 1 saturated carbocycles. The predicted octanol–water partition coefficient (Wildman–Crippen LogP) is 6.85. The maximum atomic E-state index is 6.49. The molecule has 32 heavy (non-hydrogen) atoms. The summed E-state index contributed by atoms with van der Waals surface area (Å²) in [6.45, 7) is 7.82. The fourth-order valence-electron chi connectivity index (χ4n) is 4.51. The van der Waals surface area contributed by atoms with Crippen molar-refractivity contribution in [3.63, 3.8) is 0 Å². The minimum Gasteiger partial charge on any atom is -0.493 e. The molecule has 1 fully saturated rings. The summed E-state index contributed by atoms with van der Waals surface area (Å²) in [6.07, 6.45) is 15.7. The third kappa shape index (κ3) is 5.94. The van der Waals surface area contributed by atoms with Crippen LogP contribution in [0.3, 0.4) is 0 Å². The van der Waals surface area contributed by atoms with Gasteiger partial charge in [0.05, 0.1) is 13.2 Å². The van der Waals surface area contributed by atoms with Gasteiger partial charge < -0.3 is 15.2 Å². The molecule has 2 N–H and O–H groups in total. The van der Waals surface area contributed by atoms with E-state index < -0.39 is 0 Å². The molecular formula is C29H35NO2. The molecule has 1 atom stereocenters. The fourth-order valence-corrected chi connectivity index (χ4v) is 4.51. The Morgan fingerprint density at radius 2 is 1.88 bits per heavy atom. The summed E-state index contributed by atoms with van der Waals surface area (Å²) in [5.41, 5.74) is 10.4. The van der Waals surface area contributed by atoms with Crippen molar-refractivity contribution in [1.29, 1.82) is 0 Å². The van der Waals surface area contributed by atoms with Crippen molar-refractivity contribution in [3.8, 4) is 11.5 Å². The first-order valence-corrected chi connectivity index (χ1v) is 11.4. The number of nitrogens with two attached hydrogens (primary N) is 1. The van der Waals surface area contributed by atoms with Gasteiger partial charge in [-0.05, 0) is 73.6 Å². The molecule has 1 aliphatic carbocycles. The average Bonchev–Trinajstić information content (AvgIpc) is 3.31. The Balaban J connectivity index is 2.11. The zero-order chi connectivity index (χ0) is 22.8. The number of hydrogen-bond donors (Lipinski definition) is 1. The Bertz CT molecular complexity index is 953. The van der Waals surface area contributed by atoms with Crippen LogP contribution in [0, 0.1) is 0 Å². The third-order valence-electron chi connectivity index (χ3n) is 6.00. The lowest BCUT2D eigenvalue weighted by Crippen LogP contribution is -2.13. The lowest BCUT2D eigenvalue weighted by molar-refractivity contribution is 0.200. The van der Waals surface area contributed by atoms with Crippen molar-refractivity contribution in [1.82, 2.24) is 0 Å². The van der Waals surface area contributed by atoms with Crippen LogP contribution < -0.4 is 15.2 Å². The number of ether oxygens (including phenoxy) is 2. The Morgan fingerprint density at radius 1 is 1.12 bits per heavy atom. The predicted molar refractivity (Wildman–Crippen MR) is 134 cm³/mol. The molecule has 0 spiro atoms. The van der Waals surface area contributed by atoms with Crippen LogP contribution in [0.25, 0.3) is 0 Å². The van der Waals surface area contributed by atoms with E-state index in [0.29, 0.717) is 0 Å². The highest BCUT2D eigenvalue weighted by atomic mass is 16.5. The number of hydrogen-bond acceptors (Lipinski definition) is 3. The van der Waals surface area contributed by atoms with E-state index in [9.17, 15) is 0 Å². The molecule has 3 nitrogen and oxygen atoms in total. The monoisotopic (exact) mass is 429 g/mol. The van der Waals surface area contributed by atoms with Gasteiger partial charge in [-0.25, -0.2) is 0 Å². The van der Waals surface area contributed by atoms with E-state index in [0.717, 1.165) is 48.3 Å². The second-order valence-electron chi connectivity index (χ2n) is 8.23. The molecule has 3 rings (SSSR count). The van der Waals surface area contributed by atoms with Gasteiger partial charge in [0.15, 0.2) is 11.5 Å². The minimum absolute atomic E-state index is 0.138. The molecule has 0 bridgehead atoms. The minimum atomic E-state index is 0.138. The Hall–Kier alpha value is -3.20. The highest BCUT2D eigenvalue weighted by molar-refractivity contribution is 5.53. The van der Waals surface area contributed by atoms with Crippen molar-refractivity contribution in [2.45, 2.75) is 50.5 Å². The molecule has 0 radical (unpaired) electrons. The summed E-state index contributed by atoms with van der Waals surface area (Å²) in [6, 6.07) is 15.0. The highest BCUT2D eigenvalue weighted by Crippen LogP contribution is 2.41. The summed E-state index contributed by atoms with van der Waals surface area (Å²) in [7, 11) is 1.72. The molecule has 0 heterocycles. The van der Waals surface area contributed by atoms with Gasteiger partial charge in [0, 0.05) is 11.5 Å². The SMILES string of the molecule is C=C/C=C(\C=C/N)CC(c1ccccc1)c1cc(CC=C)c(OC)c(OC2CCCC2)c1. The average molecular weight is 430 g/mol. The van der Waals surface area contributed by atoms with E-state index in [1.54, 1.807) is 13.3 Å². The zero-order valence-corrected chi connectivity index (χ0v) is 19.1. The molecule has 0 amide bonds. The highest BCUT2D eigenvalue weighted by Gasteiger charge is 2.23. The van der Waals surface area contributed by atoms with E-state index in [4.69, 9.17) is 15.2 Å². The van der Waals surface area contributed by atoms with Crippen LogP contribution in [0.1, 0.15) is 54.7 Å². The van der Waals surface area contributed by atoms with Crippen LogP contribution in [-0.2, 0) is 6.42 Å². The van der Waals surface area contributed by atoms with Gasteiger partial charge in [0.25, 0.3) is 0 Å². The van der Waals surface area contributed by atoms with Crippen LogP contribution in [0.4, 0.5) is 0 Å². The quantitative estimate of drug-likeness (QED) is 0.314. The Kier molecular flexibility index (Phi) is 8.79. The molecule has 0 aromatic heterocycles. The smallest absolute Gasteiger partial charge is 0.164 e. The summed E-state index contributed by atoms with van der Waals surface area (Å²) >= 11 is 0. The van der Waals surface area contributed by atoms with E-state index in [1.165, 1.54) is 24.0 Å². The largest absolute Gasteiger partial charge is 0.493 e. The van der Waals surface area contributed by atoms with Crippen LogP contribution in [-0.4, -0.2) is 13.2 Å². The molecule has 0 aliphatic heterocycles. The van der Waals surface area contributed by atoms with Crippen LogP contribution in [0.5, 0.6) is 11.5 Å². The van der Waals surface area contributed by atoms with Crippen molar-refractivity contribution >= 4 is 0 Å². The standard InChI is InChI=1S/C29H35NO2/c1-4-11-22(17-18-30)19-27(23-13-7-6-8-14-23)25-20-24(12-5-2)29(31-3)28(21-25)32-26-15-9-10-16-26/h4-8,11,13-14,17-18,20-21,26-27H,1-2,9-10,12,15-16,19,30H2,3H3/b18-17-,22-11+. The van der Waals surface area contributed by atoms with Crippen molar-refractivity contribution in [3.05, 3.63) is 108 Å². The maximum absolute atomic E-state index is 6.49. The summed E-state index contributed by atoms with van der Waals surface area (Å²) < 4.78 is 12.3. The first-order valence-electron chi connectivity index (χ1n) is 11.4. The second-order valence-corrected chi connectivity index (χ2v) is 8.23. The van der Waals surface area contributed by atoms with Gasteiger partial charge in [0.2, 0.25) is 0 Å². The summed E-state index contributed by atoms with van der Waals surface area (Å²) in [5.74, 6) is 1.79. The van der Waals surface area contributed by atoms with Crippen molar-refractivity contribution in [2.75, 3.05) is 7.11 Å². The van der Waals surface area contributed by atoms with E-state index >= 15 is 0 Å². The molecule has 2 aromatic rings. The van der Waals surface area contributed by atoms with Gasteiger partial charge in [-0.3, -0.25) is 0 Å². The van der Waals surface area contributed by atoms with Crippen LogP contribution >= 0.6 is 0 Å². The summed E-state index contributed by atoms with van der Waals surface area (Å²) in [5, 5.41) is 0. The Labute approximate surface area is 192 Å². The van der Waals surface area contributed by atoms with Crippen molar-refractivity contribution in [2.24, 2.45) is 5.73 Å². The van der Waals surface area contributed by atoms with E-state index in [-0.39, 0.29) is 12.0 Å². The Morgan fingerprint density at radius 3 is 2.50 bits per heavy atom. The number of rotatable bonds is 11. The maximum Gasteiger partial charge on any atom is 0.164 e. The summed E-state index contributed by atoms with van der Waals surface area (Å²) in [4.78, 5) is 0. The number of allylic oxidation sites excluding steroid dienone is 5. The van der Waals surface area contributed by atoms with Crippen LogP contribution in [0.15, 0.2) is 91.7 Å². The first-order chi connectivity index (χ1) is 15.7. The molecule has 1 aliphatic rings. The van der Waals surface area contributed by atoms with E-state index in [2.05, 4.69) is 49.6 Å².